The molecule has 0 saturated heterocycles. The number of benzene rings is 1. The summed E-state index contributed by atoms with van der Waals surface area (Å²) in [6, 6.07) is 9.67. The maximum atomic E-state index is 9.68. The molecular formula is C13H18O. The Morgan fingerprint density at radius 3 is 2.57 bits per heavy atom. The van der Waals surface area contributed by atoms with Crippen LogP contribution >= 0.6 is 0 Å². The van der Waals surface area contributed by atoms with Crippen LogP contribution in [0.1, 0.15) is 38.2 Å². The van der Waals surface area contributed by atoms with Crippen LogP contribution in [-0.2, 0) is 0 Å². The molecule has 0 saturated carbocycles. The third-order valence-corrected chi connectivity index (χ3v) is 2.21. The fraction of sp³-hybridized carbons (Fsp3) is 0.385. The van der Waals surface area contributed by atoms with E-state index in [0.29, 0.717) is 5.76 Å². The van der Waals surface area contributed by atoms with Gasteiger partial charge in [0.1, 0.15) is 5.76 Å². The molecule has 76 valence electrons. The topological polar surface area (TPSA) is 20.2 Å². The lowest BCUT2D eigenvalue weighted by molar-refractivity contribution is 0.508. The highest BCUT2D eigenvalue weighted by molar-refractivity contribution is 5.57. The van der Waals surface area contributed by atoms with Gasteiger partial charge in [0.25, 0.3) is 0 Å². The number of hydrogen-bond donors (Lipinski definition) is 1. The molecule has 1 aromatic rings. The first kappa shape index (κ1) is 10.8. The van der Waals surface area contributed by atoms with Crippen LogP contribution < -0.4 is 0 Å². The van der Waals surface area contributed by atoms with Crippen LogP contribution in [0.25, 0.3) is 5.76 Å². The number of rotatable bonds is 5. The minimum absolute atomic E-state index is 0.404. The first-order chi connectivity index (χ1) is 6.84. The zero-order valence-corrected chi connectivity index (χ0v) is 8.74. The van der Waals surface area contributed by atoms with Crippen LogP contribution in [0, 0.1) is 0 Å². The lowest BCUT2D eigenvalue weighted by Gasteiger charge is -1.99. The third kappa shape index (κ3) is 3.65. The molecule has 0 heterocycles. The minimum Gasteiger partial charge on any atom is -0.508 e. The van der Waals surface area contributed by atoms with Gasteiger partial charge in [-0.2, -0.15) is 0 Å². The van der Waals surface area contributed by atoms with Crippen LogP contribution in [0.3, 0.4) is 0 Å². The number of aliphatic hydroxyl groups is 1. The van der Waals surface area contributed by atoms with E-state index < -0.39 is 0 Å². The van der Waals surface area contributed by atoms with Crippen molar-refractivity contribution < 1.29 is 5.11 Å². The van der Waals surface area contributed by atoms with E-state index in [1.54, 1.807) is 0 Å². The SMILES string of the molecule is CCCCCC=C(O)c1ccccc1. The van der Waals surface area contributed by atoms with Gasteiger partial charge in [-0.25, -0.2) is 0 Å². The Hall–Kier alpha value is -1.24. The van der Waals surface area contributed by atoms with Gasteiger partial charge in [-0.1, -0.05) is 50.1 Å². The number of unbranched alkanes of at least 4 members (excludes halogenated alkanes) is 3. The Balaban J connectivity index is 2.44. The van der Waals surface area contributed by atoms with Gasteiger partial charge in [0.2, 0.25) is 0 Å². The molecule has 0 unspecified atom stereocenters. The molecular weight excluding hydrogens is 172 g/mol. The zero-order chi connectivity index (χ0) is 10.2. The van der Waals surface area contributed by atoms with Gasteiger partial charge in [-0.3, -0.25) is 0 Å². The maximum absolute atomic E-state index is 9.68. The van der Waals surface area contributed by atoms with E-state index in [-0.39, 0.29) is 0 Å². The highest BCUT2D eigenvalue weighted by atomic mass is 16.3. The molecule has 0 atom stereocenters. The van der Waals surface area contributed by atoms with E-state index in [0.717, 1.165) is 18.4 Å². The van der Waals surface area contributed by atoms with Gasteiger partial charge in [-0.15, -0.1) is 0 Å². The minimum atomic E-state index is 0.404. The molecule has 0 aliphatic carbocycles. The number of hydrogen-bond acceptors (Lipinski definition) is 1. The Kier molecular flexibility index (Phi) is 4.84. The van der Waals surface area contributed by atoms with Crippen molar-refractivity contribution in [1.82, 2.24) is 0 Å². The lowest BCUT2D eigenvalue weighted by atomic mass is 10.1. The lowest BCUT2D eigenvalue weighted by Crippen LogP contribution is -1.82. The molecule has 0 bridgehead atoms. The summed E-state index contributed by atoms with van der Waals surface area (Å²) in [7, 11) is 0. The highest BCUT2D eigenvalue weighted by Gasteiger charge is 1.95. The fourth-order valence-electron chi connectivity index (χ4n) is 1.36. The Bertz CT molecular complexity index is 275. The summed E-state index contributed by atoms with van der Waals surface area (Å²) < 4.78 is 0. The van der Waals surface area contributed by atoms with E-state index >= 15 is 0 Å². The summed E-state index contributed by atoms with van der Waals surface area (Å²) >= 11 is 0. The molecule has 1 nitrogen and oxygen atoms in total. The molecule has 1 N–H and O–H groups in total. The molecule has 1 aromatic carbocycles. The molecule has 0 aromatic heterocycles. The summed E-state index contributed by atoms with van der Waals surface area (Å²) in [6.07, 6.45) is 6.49. The zero-order valence-electron chi connectivity index (χ0n) is 8.74. The van der Waals surface area contributed by atoms with Gasteiger partial charge in [0.05, 0.1) is 0 Å². The van der Waals surface area contributed by atoms with E-state index in [1.807, 2.05) is 36.4 Å². The summed E-state index contributed by atoms with van der Waals surface area (Å²) in [6.45, 7) is 2.18. The van der Waals surface area contributed by atoms with Gasteiger partial charge in [-0.05, 0) is 18.9 Å². The Morgan fingerprint density at radius 2 is 1.93 bits per heavy atom. The Labute approximate surface area is 86.1 Å². The van der Waals surface area contributed by atoms with E-state index in [2.05, 4.69) is 6.92 Å². The summed E-state index contributed by atoms with van der Waals surface area (Å²) in [5.74, 6) is 0.404. The quantitative estimate of drug-likeness (QED) is 0.546. The van der Waals surface area contributed by atoms with Crippen molar-refractivity contribution in [3.63, 3.8) is 0 Å². The summed E-state index contributed by atoms with van der Waals surface area (Å²) in [5.41, 5.74) is 0.906. The molecule has 0 amide bonds. The van der Waals surface area contributed by atoms with E-state index in [9.17, 15) is 5.11 Å². The van der Waals surface area contributed by atoms with Gasteiger partial charge in [0.15, 0.2) is 0 Å². The summed E-state index contributed by atoms with van der Waals surface area (Å²) in [5, 5.41) is 9.68. The molecule has 1 rings (SSSR count). The van der Waals surface area contributed by atoms with E-state index in [4.69, 9.17) is 0 Å². The van der Waals surface area contributed by atoms with Crippen molar-refractivity contribution in [1.29, 1.82) is 0 Å². The molecule has 0 fully saturated rings. The van der Waals surface area contributed by atoms with Gasteiger partial charge >= 0.3 is 0 Å². The van der Waals surface area contributed by atoms with Crippen LogP contribution in [0.2, 0.25) is 0 Å². The van der Waals surface area contributed by atoms with Crippen molar-refractivity contribution >= 4 is 5.76 Å². The number of aliphatic hydroxyl groups excluding tert-OH is 1. The second kappa shape index (κ2) is 6.25. The molecule has 0 aliphatic heterocycles. The highest BCUT2D eigenvalue weighted by Crippen LogP contribution is 2.12. The second-order valence-corrected chi connectivity index (χ2v) is 3.45. The van der Waals surface area contributed by atoms with Crippen molar-refractivity contribution in [3.05, 3.63) is 42.0 Å². The van der Waals surface area contributed by atoms with Crippen molar-refractivity contribution in [3.8, 4) is 0 Å². The second-order valence-electron chi connectivity index (χ2n) is 3.45. The van der Waals surface area contributed by atoms with Crippen molar-refractivity contribution in [2.75, 3.05) is 0 Å². The first-order valence-electron chi connectivity index (χ1n) is 5.29. The largest absolute Gasteiger partial charge is 0.508 e. The smallest absolute Gasteiger partial charge is 0.118 e. The first-order valence-corrected chi connectivity index (χ1v) is 5.29. The predicted molar refractivity (Wildman–Crippen MR) is 61.2 cm³/mol. The van der Waals surface area contributed by atoms with Gasteiger partial charge in [0, 0.05) is 5.56 Å². The van der Waals surface area contributed by atoms with E-state index in [1.165, 1.54) is 12.8 Å². The molecule has 0 radical (unpaired) electrons. The van der Waals surface area contributed by atoms with Crippen LogP contribution in [0.5, 0.6) is 0 Å². The number of allylic oxidation sites excluding steroid dienone is 1. The Morgan fingerprint density at radius 1 is 1.21 bits per heavy atom. The van der Waals surface area contributed by atoms with Crippen LogP contribution in [-0.4, -0.2) is 5.11 Å². The van der Waals surface area contributed by atoms with Gasteiger partial charge < -0.3 is 5.11 Å². The molecule has 1 heteroatoms. The average Bonchev–Trinajstić information content (AvgIpc) is 2.25. The van der Waals surface area contributed by atoms with Crippen LogP contribution in [0.4, 0.5) is 0 Å². The fourth-order valence-corrected chi connectivity index (χ4v) is 1.36. The van der Waals surface area contributed by atoms with Crippen molar-refractivity contribution in [2.24, 2.45) is 0 Å². The monoisotopic (exact) mass is 190 g/mol. The summed E-state index contributed by atoms with van der Waals surface area (Å²) in [4.78, 5) is 0. The molecule has 0 spiro atoms. The maximum Gasteiger partial charge on any atom is 0.118 e. The van der Waals surface area contributed by atoms with Crippen molar-refractivity contribution in [2.45, 2.75) is 32.6 Å². The molecule has 0 aliphatic rings. The third-order valence-electron chi connectivity index (χ3n) is 2.21. The standard InChI is InChI=1S/C13H18O/c1-2-3-4-8-11-13(14)12-9-6-5-7-10-12/h5-7,9-11,14H,2-4,8H2,1H3. The predicted octanol–water partition coefficient (Wildman–Crippen LogP) is 4.17. The average molecular weight is 190 g/mol. The molecule has 14 heavy (non-hydrogen) atoms. The normalized spacial score (nSPS) is 11.6. The van der Waals surface area contributed by atoms with Crippen LogP contribution in [0.15, 0.2) is 36.4 Å².